The van der Waals surface area contributed by atoms with Gasteiger partial charge in [-0.3, -0.25) is 13.9 Å². The van der Waals surface area contributed by atoms with E-state index in [0.29, 0.717) is 22.7 Å². The number of nitrogens with zero attached hydrogens (tertiary/aromatic N) is 3. The Hall–Kier alpha value is -4.92. The number of carbonyl (C=O) groups is 1. The second-order valence-electron chi connectivity index (χ2n) is 9.27. The van der Waals surface area contributed by atoms with Crippen molar-refractivity contribution in [3.05, 3.63) is 89.1 Å². The lowest BCUT2D eigenvalue weighted by molar-refractivity contribution is 0.103. The molecule has 0 saturated carbocycles. The lowest BCUT2D eigenvalue weighted by Crippen LogP contribution is -2.17. The van der Waals surface area contributed by atoms with Gasteiger partial charge in [0.2, 0.25) is 21.7 Å². The van der Waals surface area contributed by atoms with Crippen LogP contribution in [0.25, 0.3) is 16.6 Å². The molecule has 0 fully saturated rings. The first-order valence-electron chi connectivity index (χ1n) is 12.3. The van der Waals surface area contributed by atoms with Crippen molar-refractivity contribution in [2.75, 3.05) is 22.9 Å². The molecular formula is C27H22F4N6O4S. The van der Waals surface area contributed by atoms with Crippen molar-refractivity contribution in [3.63, 3.8) is 0 Å². The van der Waals surface area contributed by atoms with E-state index in [2.05, 4.69) is 19.8 Å². The van der Waals surface area contributed by atoms with Crippen molar-refractivity contribution in [1.29, 1.82) is 0 Å². The van der Waals surface area contributed by atoms with E-state index < -0.39 is 45.7 Å². The average molecular weight is 603 g/mol. The van der Waals surface area contributed by atoms with Crippen LogP contribution in [0, 0.1) is 24.4 Å². The Labute approximate surface area is 236 Å². The molecule has 0 saturated heterocycles. The predicted molar refractivity (Wildman–Crippen MR) is 147 cm³/mol. The summed E-state index contributed by atoms with van der Waals surface area (Å²) in [5.74, 6) is -3.65. The number of aryl methyl sites for hydroxylation is 1. The Morgan fingerprint density at radius 2 is 1.81 bits per heavy atom. The molecule has 0 aliphatic heterocycles. The van der Waals surface area contributed by atoms with Crippen LogP contribution in [0.2, 0.25) is 0 Å². The van der Waals surface area contributed by atoms with Crippen LogP contribution in [0.15, 0.2) is 54.9 Å². The van der Waals surface area contributed by atoms with Crippen molar-refractivity contribution >= 4 is 38.2 Å². The lowest BCUT2D eigenvalue weighted by Gasteiger charge is -2.10. The molecule has 42 heavy (non-hydrogen) atoms. The Bertz CT molecular complexity index is 1920. The topological polar surface area (TPSA) is 145 Å². The van der Waals surface area contributed by atoms with E-state index in [-0.39, 0.29) is 46.3 Å². The Balaban J connectivity index is 1.39. The number of fused-ring (bicyclic) bond motifs is 1. The summed E-state index contributed by atoms with van der Waals surface area (Å²) < 4.78 is 86.9. The molecule has 10 nitrogen and oxygen atoms in total. The van der Waals surface area contributed by atoms with Gasteiger partial charge in [0.15, 0.2) is 0 Å². The molecule has 0 bridgehead atoms. The minimum Gasteiger partial charge on any atom is -0.439 e. The lowest BCUT2D eigenvalue weighted by atomic mass is 10.1. The number of H-pyrrole nitrogens is 1. The van der Waals surface area contributed by atoms with Crippen LogP contribution in [0.3, 0.4) is 0 Å². The Morgan fingerprint density at radius 3 is 2.50 bits per heavy atom. The predicted octanol–water partition coefficient (Wildman–Crippen LogP) is 5.18. The van der Waals surface area contributed by atoms with Crippen LogP contribution < -0.4 is 15.2 Å². The van der Waals surface area contributed by atoms with E-state index in [1.165, 1.54) is 35.3 Å². The molecule has 0 unspecified atom stereocenters. The fraction of sp³-hybridized carbons (Fsp3) is 0.148. The number of aromatic amines is 1. The number of alkyl halides is 1. The molecule has 0 aliphatic carbocycles. The van der Waals surface area contributed by atoms with Gasteiger partial charge >= 0.3 is 0 Å². The van der Waals surface area contributed by atoms with E-state index in [9.17, 15) is 30.8 Å². The number of anilines is 2. The molecule has 0 amide bonds. The number of nitrogen functional groups attached to an aromatic ring is 1. The number of rotatable bonds is 10. The summed E-state index contributed by atoms with van der Waals surface area (Å²) >= 11 is 0. The van der Waals surface area contributed by atoms with Crippen molar-refractivity contribution in [3.8, 4) is 17.3 Å². The first kappa shape index (κ1) is 28.6. The smallest absolute Gasteiger partial charge is 0.232 e. The number of pyridine rings is 1. The Morgan fingerprint density at radius 1 is 1.07 bits per heavy atom. The van der Waals surface area contributed by atoms with E-state index in [0.717, 1.165) is 18.2 Å². The quantitative estimate of drug-likeness (QED) is 0.148. The number of hydrogen-bond donors (Lipinski definition) is 3. The number of carbonyl (C=O) groups excluding carboxylic acids is 1. The maximum absolute atomic E-state index is 14.6. The largest absolute Gasteiger partial charge is 0.439 e. The van der Waals surface area contributed by atoms with Crippen LogP contribution in [-0.4, -0.2) is 46.4 Å². The van der Waals surface area contributed by atoms with E-state index in [4.69, 9.17) is 10.5 Å². The van der Waals surface area contributed by atoms with Crippen LogP contribution >= 0.6 is 0 Å². The van der Waals surface area contributed by atoms with Gasteiger partial charge in [0.25, 0.3) is 0 Å². The van der Waals surface area contributed by atoms with Gasteiger partial charge in [0, 0.05) is 35.2 Å². The number of benzene rings is 2. The molecule has 0 spiro atoms. The number of nitrogens with two attached hydrogens (primary N) is 1. The summed E-state index contributed by atoms with van der Waals surface area (Å²) in [5.41, 5.74) is 7.17. The third-order valence-electron chi connectivity index (χ3n) is 6.16. The molecule has 4 N–H and O–H groups in total. The summed E-state index contributed by atoms with van der Waals surface area (Å²) in [6.07, 6.45) is 2.37. The molecule has 3 heterocycles. The summed E-state index contributed by atoms with van der Waals surface area (Å²) in [6.45, 7) is 0.854. The molecule has 2 aromatic carbocycles. The highest BCUT2D eigenvalue weighted by atomic mass is 32.2. The highest BCUT2D eigenvalue weighted by Crippen LogP contribution is 2.29. The number of hydrogen-bond acceptors (Lipinski definition) is 7. The molecule has 15 heteroatoms. The monoisotopic (exact) mass is 602 g/mol. The van der Waals surface area contributed by atoms with Gasteiger partial charge in [-0.05, 0) is 37.1 Å². The number of nitrogens with one attached hydrogen (secondary N) is 2. The third-order valence-corrected chi connectivity index (χ3v) is 7.52. The van der Waals surface area contributed by atoms with Crippen LogP contribution in [0.1, 0.15) is 28.0 Å². The maximum Gasteiger partial charge on any atom is 0.232 e. The Kier molecular flexibility index (Phi) is 7.60. The van der Waals surface area contributed by atoms with Gasteiger partial charge in [-0.2, -0.15) is 5.10 Å². The minimum atomic E-state index is -3.98. The van der Waals surface area contributed by atoms with E-state index >= 15 is 0 Å². The van der Waals surface area contributed by atoms with Gasteiger partial charge in [-0.1, -0.05) is 0 Å². The standard InChI is InChI=1S/C27H22F4N6O4S/c1-14-5-25(41-18-9-16(29)8-17(30)10-18)33-13-24(14)37-27(32)19(12-34-37)26(38)23-7-15-6-20(31)22(11-21(15)35-23)36-42(39,40)4-2-3-28/h5-13,35-36H,2-4,32H2,1H3. The van der Waals surface area contributed by atoms with Crippen LogP contribution in [0.5, 0.6) is 11.6 Å². The van der Waals surface area contributed by atoms with Gasteiger partial charge < -0.3 is 15.5 Å². The summed E-state index contributed by atoms with van der Waals surface area (Å²) in [7, 11) is -3.98. The number of sulfonamides is 1. The highest BCUT2D eigenvalue weighted by molar-refractivity contribution is 7.92. The maximum atomic E-state index is 14.6. The first-order chi connectivity index (χ1) is 19.9. The average Bonchev–Trinajstić information content (AvgIpc) is 3.50. The second-order valence-corrected chi connectivity index (χ2v) is 11.1. The molecule has 0 aliphatic rings. The molecule has 5 aromatic rings. The molecule has 5 rings (SSSR count). The van der Waals surface area contributed by atoms with Crippen LogP contribution in [0.4, 0.5) is 29.1 Å². The zero-order chi connectivity index (χ0) is 30.2. The van der Waals surface area contributed by atoms with Crippen molar-refractivity contribution < 1.29 is 35.5 Å². The fourth-order valence-electron chi connectivity index (χ4n) is 4.20. The molecule has 0 radical (unpaired) electrons. The van der Waals surface area contributed by atoms with Crippen LogP contribution in [-0.2, 0) is 10.0 Å². The second kappa shape index (κ2) is 11.2. The summed E-state index contributed by atoms with van der Waals surface area (Å²) in [5, 5.41) is 4.48. The van der Waals surface area contributed by atoms with E-state index in [1.807, 2.05) is 0 Å². The first-order valence-corrected chi connectivity index (χ1v) is 14.0. The van der Waals surface area contributed by atoms with Crippen molar-refractivity contribution in [2.45, 2.75) is 13.3 Å². The molecular weight excluding hydrogens is 580 g/mol. The normalized spacial score (nSPS) is 11.6. The summed E-state index contributed by atoms with van der Waals surface area (Å²) in [4.78, 5) is 20.3. The molecule has 0 atom stereocenters. The fourth-order valence-corrected chi connectivity index (χ4v) is 5.28. The zero-order valence-corrected chi connectivity index (χ0v) is 22.6. The minimum absolute atomic E-state index is 0.0177. The number of ether oxygens (including phenoxy) is 1. The van der Waals surface area contributed by atoms with E-state index in [1.54, 1.807) is 6.92 Å². The van der Waals surface area contributed by atoms with Gasteiger partial charge in [-0.25, -0.2) is 31.3 Å². The highest BCUT2D eigenvalue weighted by Gasteiger charge is 2.22. The van der Waals surface area contributed by atoms with Gasteiger partial charge in [0.05, 0.1) is 47.5 Å². The zero-order valence-electron chi connectivity index (χ0n) is 21.8. The number of halogens is 4. The van der Waals surface area contributed by atoms with Gasteiger partial charge in [0.1, 0.15) is 29.0 Å². The SMILES string of the molecule is Cc1cc(Oc2cc(F)cc(F)c2)ncc1-n1ncc(C(=O)c2cc3cc(F)c(NS(=O)(=O)CCCF)cc3[nH]2)c1N. The van der Waals surface area contributed by atoms with Gasteiger partial charge in [-0.15, -0.1) is 0 Å². The molecule has 3 aromatic heterocycles. The number of aromatic nitrogens is 4. The van der Waals surface area contributed by atoms with Crippen molar-refractivity contribution in [2.24, 2.45) is 0 Å². The van der Waals surface area contributed by atoms with Crippen molar-refractivity contribution in [1.82, 2.24) is 19.7 Å². The summed E-state index contributed by atoms with van der Waals surface area (Å²) in [6, 6.07) is 7.84. The molecule has 218 valence electrons. The number of ketones is 1. The third kappa shape index (κ3) is 5.90.